The molecule has 3 nitrogen and oxygen atoms in total. The number of piperidine rings is 1. The summed E-state index contributed by atoms with van der Waals surface area (Å²) in [6.45, 7) is 2.39. The molecule has 2 rings (SSSR count). The predicted octanol–water partition coefficient (Wildman–Crippen LogP) is 2.02. The van der Waals surface area contributed by atoms with E-state index >= 15 is 0 Å². The molecule has 0 aromatic heterocycles. The average Bonchev–Trinajstić information content (AvgIpc) is 2.31. The van der Waals surface area contributed by atoms with E-state index in [9.17, 15) is 8.42 Å². The Morgan fingerprint density at radius 3 is 2.40 bits per heavy atom. The SMILES string of the molecule is O=S(=O)(c1ccccc1)N1[CH]CCCC1. The zero-order chi connectivity index (χ0) is 10.7. The van der Waals surface area contributed by atoms with Crippen molar-refractivity contribution >= 4 is 10.0 Å². The number of rotatable bonds is 2. The molecule has 0 bridgehead atoms. The lowest BCUT2D eigenvalue weighted by Gasteiger charge is -2.25. The van der Waals surface area contributed by atoms with Crippen LogP contribution in [0.1, 0.15) is 19.3 Å². The Morgan fingerprint density at radius 1 is 1.07 bits per heavy atom. The van der Waals surface area contributed by atoms with Crippen molar-refractivity contribution in [3.63, 3.8) is 0 Å². The third kappa shape index (κ3) is 2.21. The normalized spacial score (nSPS) is 18.9. The lowest BCUT2D eigenvalue weighted by Crippen LogP contribution is -2.32. The minimum absolute atomic E-state index is 0.378. The molecule has 1 aromatic carbocycles. The number of hydrogen-bond donors (Lipinski definition) is 0. The van der Waals surface area contributed by atoms with E-state index in [-0.39, 0.29) is 0 Å². The molecule has 0 amide bonds. The lowest BCUT2D eigenvalue weighted by atomic mass is 10.2. The number of nitrogens with zero attached hydrogens (tertiary/aromatic N) is 1. The van der Waals surface area contributed by atoms with E-state index in [2.05, 4.69) is 0 Å². The molecule has 1 saturated heterocycles. The van der Waals surface area contributed by atoms with Gasteiger partial charge >= 0.3 is 0 Å². The van der Waals surface area contributed by atoms with Crippen molar-refractivity contribution in [1.82, 2.24) is 4.31 Å². The van der Waals surface area contributed by atoms with Crippen molar-refractivity contribution in [2.24, 2.45) is 0 Å². The Hall–Kier alpha value is -0.870. The van der Waals surface area contributed by atoms with Crippen molar-refractivity contribution < 1.29 is 8.42 Å². The molecule has 1 aliphatic heterocycles. The van der Waals surface area contributed by atoms with Crippen LogP contribution in [0.15, 0.2) is 35.2 Å². The number of sulfonamides is 1. The van der Waals surface area contributed by atoms with Gasteiger partial charge in [0.15, 0.2) is 0 Å². The Morgan fingerprint density at radius 2 is 1.80 bits per heavy atom. The van der Waals surface area contributed by atoms with Crippen LogP contribution in [0, 0.1) is 6.54 Å². The van der Waals surface area contributed by atoms with Gasteiger partial charge in [0.25, 0.3) is 0 Å². The van der Waals surface area contributed by atoms with Gasteiger partial charge in [-0.25, -0.2) is 8.42 Å². The zero-order valence-corrected chi connectivity index (χ0v) is 9.28. The minimum atomic E-state index is -3.28. The van der Waals surface area contributed by atoms with Gasteiger partial charge in [-0.05, 0) is 25.0 Å². The average molecular weight is 224 g/mol. The molecule has 0 spiro atoms. The molecule has 0 unspecified atom stereocenters. The predicted molar refractivity (Wildman–Crippen MR) is 58.5 cm³/mol. The second-order valence-electron chi connectivity index (χ2n) is 3.61. The summed E-state index contributed by atoms with van der Waals surface area (Å²) in [5.74, 6) is 0. The third-order valence-corrected chi connectivity index (χ3v) is 4.33. The summed E-state index contributed by atoms with van der Waals surface area (Å²) in [7, 11) is -3.28. The van der Waals surface area contributed by atoms with Crippen LogP contribution in [0.4, 0.5) is 0 Å². The monoisotopic (exact) mass is 224 g/mol. The molecule has 0 aliphatic carbocycles. The van der Waals surface area contributed by atoms with Crippen LogP contribution in [0.5, 0.6) is 0 Å². The van der Waals surface area contributed by atoms with Crippen molar-refractivity contribution in [2.45, 2.75) is 24.2 Å². The maximum atomic E-state index is 12.1. The fourth-order valence-electron chi connectivity index (χ4n) is 1.68. The number of benzene rings is 1. The first-order chi connectivity index (χ1) is 7.21. The van der Waals surface area contributed by atoms with Crippen LogP contribution in [-0.2, 0) is 10.0 Å². The van der Waals surface area contributed by atoms with Crippen LogP contribution in [0.2, 0.25) is 0 Å². The summed E-state index contributed by atoms with van der Waals surface area (Å²) in [6, 6.07) is 8.59. The summed E-state index contributed by atoms with van der Waals surface area (Å²) in [5.41, 5.74) is 0. The van der Waals surface area contributed by atoms with Crippen molar-refractivity contribution in [3.05, 3.63) is 36.9 Å². The Kier molecular flexibility index (Phi) is 3.07. The fourth-order valence-corrected chi connectivity index (χ4v) is 3.13. The number of hydrogen-bond acceptors (Lipinski definition) is 2. The molecule has 1 radical (unpaired) electrons. The summed E-state index contributed by atoms with van der Waals surface area (Å²) in [4.78, 5) is 0.378. The second-order valence-corrected chi connectivity index (χ2v) is 5.50. The summed E-state index contributed by atoms with van der Waals surface area (Å²) in [5, 5.41) is 0. The molecular formula is C11H14NO2S. The Balaban J connectivity index is 2.26. The quantitative estimate of drug-likeness (QED) is 0.770. The van der Waals surface area contributed by atoms with E-state index < -0.39 is 10.0 Å². The fraction of sp³-hybridized carbons (Fsp3) is 0.364. The highest BCUT2D eigenvalue weighted by molar-refractivity contribution is 7.89. The molecule has 1 heterocycles. The summed E-state index contributed by atoms with van der Waals surface area (Å²) in [6.07, 6.45) is 2.88. The van der Waals surface area contributed by atoms with Crippen LogP contribution in [-0.4, -0.2) is 19.3 Å². The van der Waals surface area contributed by atoms with E-state index in [1.54, 1.807) is 30.8 Å². The van der Waals surface area contributed by atoms with E-state index in [0.717, 1.165) is 19.3 Å². The van der Waals surface area contributed by atoms with Crippen molar-refractivity contribution in [2.75, 3.05) is 6.54 Å². The third-order valence-electron chi connectivity index (χ3n) is 2.52. The first kappa shape index (κ1) is 10.6. The van der Waals surface area contributed by atoms with E-state index in [1.807, 2.05) is 6.07 Å². The van der Waals surface area contributed by atoms with Gasteiger partial charge in [-0.2, -0.15) is 4.31 Å². The molecule has 0 atom stereocenters. The van der Waals surface area contributed by atoms with Gasteiger partial charge in [-0.15, -0.1) is 0 Å². The van der Waals surface area contributed by atoms with Gasteiger partial charge in [0.05, 0.1) is 4.90 Å². The van der Waals surface area contributed by atoms with Crippen LogP contribution < -0.4 is 0 Å². The first-order valence-electron chi connectivity index (χ1n) is 5.11. The maximum Gasteiger partial charge on any atom is 0.243 e. The molecule has 1 aromatic rings. The van der Waals surface area contributed by atoms with Gasteiger partial charge in [-0.3, -0.25) is 0 Å². The molecule has 1 fully saturated rings. The van der Waals surface area contributed by atoms with Gasteiger partial charge < -0.3 is 0 Å². The maximum absolute atomic E-state index is 12.1. The molecule has 0 N–H and O–H groups in total. The van der Waals surface area contributed by atoms with Crippen molar-refractivity contribution in [3.8, 4) is 0 Å². The van der Waals surface area contributed by atoms with Crippen LogP contribution in [0.25, 0.3) is 0 Å². The van der Waals surface area contributed by atoms with Gasteiger partial charge in [0, 0.05) is 13.1 Å². The molecular weight excluding hydrogens is 210 g/mol. The lowest BCUT2D eigenvalue weighted by molar-refractivity contribution is 0.400. The largest absolute Gasteiger partial charge is 0.243 e. The molecule has 1 aliphatic rings. The smallest absolute Gasteiger partial charge is 0.207 e. The van der Waals surface area contributed by atoms with Gasteiger partial charge in [0.2, 0.25) is 10.0 Å². The highest BCUT2D eigenvalue weighted by Gasteiger charge is 2.25. The van der Waals surface area contributed by atoms with E-state index in [4.69, 9.17) is 0 Å². The molecule has 81 valence electrons. The van der Waals surface area contributed by atoms with Crippen LogP contribution in [0.3, 0.4) is 0 Å². The summed E-state index contributed by atoms with van der Waals surface area (Å²) >= 11 is 0. The molecule has 0 saturated carbocycles. The van der Waals surface area contributed by atoms with Gasteiger partial charge in [0.1, 0.15) is 0 Å². The van der Waals surface area contributed by atoms with Crippen LogP contribution >= 0.6 is 0 Å². The second kappa shape index (κ2) is 4.33. The topological polar surface area (TPSA) is 37.4 Å². The zero-order valence-electron chi connectivity index (χ0n) is 8.46. The minimum Gasteiger partial charge on any atom is -0.207 e. The standard InChI is InChI=1S/C11H14NO2S/c13-15(14,11-7-3-1-4-8-11)12-9-5-2-6-10-12/h1,3-4,7-9H,2,5-6,10H2. The Labute approximate surface area is 90.8 Å². The van der Waals surface area contributed by atoms with Crippen molar-refractivity contribution in [1.29, 1.82) is 0 Å². The highest BCUT2D eigenvalue weighted by Crippen LogP contribution is 2.22. The van der Waals surface area contributed by atoms with E-state index in [1.165, 1.54) is 4.31 Å². The van der Waals surface area contributed by atoms with Gasteiger partial charge in [-0.1, -0.05) is 24.6 Å². The molecule has 15 heavy (non-hydrogen) atoms. The highest BCUT2D eigenvalue weighted by atomic mass is 32.2. The Bertz CT molecular complexity index is 407. The van der Waals surface area contributed by atoms with E-state index in [0.29, 0.717) is 11.4 Å². The first-order valence-corrected chi connectivity index (χ1v) is 6.55. The molecule has 4 heteroatoms. The summed E-state index contributed by atoms with van der Waals surface area (Å²) < 4.78 is 25.6.